The van der Waals surface area contributed by atoms with E-state index in [2.05, 4.69) is 18.0 Å². The Hall–Kier alpha value is -1.06. The summed E-state index contributed by atoms with van der Waals surface area (Å²) in [4.78, 5) is 4.41. The number of hydrogen-bond donors (Lipinski definition) is 0. The van der Waals surface area contributed by atoms with Crippen LogP contribution >= 0.6 is 22.9 Å². The van der Waals surface area contributed by atoms with Crippen LogP contribution in [-0.4, -0.2) is 11.6 Å². The zero-order valence-corrected chi connectivity index (χ0v) is 11.9. The molecule has 0 aliphatic heterocycles. The number of aromatic nitrogens is 1. The molecule has 1 heterocycles. The minimum Gasteiger partial charge on any atom is -0.493 e. The van der Waals surface area contributed by atoms with Crippen molar-refractivity contribution in [1.82, 2.24) is 4.98 Å². The van der Waals surface area contributed by atoms with Crippen LogP contribution in [0.5, 0.6) is 5.75 Å². The van der Waals surface area contributed by atoms with Crippen LogP contribution in [0.3, 0.4) is 0 Å². The molecule has 96 valence electrons. The second kappa shape index (κ2) is 6.76. The predicted molar refractivity (Wildman–Crippen MR) is 76.7 cm³/mol. The summed E-state index contributed by atoms with van der Waals surface area (Å²) in [7, 11) is 0. The zero-order valence-electron chi connectivity index (χ0n) is 10.4. The Morgan fingerprint density at radius 3 is 2.89 bits per heavy atom. The van der Waals surface area contributed by atoms with E-state index < -0.39 is 0 Å². The van der Waals surface area contributed by atoms with Crippen LogP contribution in [0.1, 0.15) is 23.2 Å². The molecular weight excluding hydrogens is 266 g/mol. The highest BCUT2D eigenvalue weighted by Crippen LogP contribution is 2.19. The summed E-state index contributed by atoms with van der Waals surface area (Å²) < 4.78 is 5.81. The number of halogens is 1. The number of alkyl halides is 1. The summed E-state index contributed by atoms with van der Waals surface area (Å²) in [6, 6.07) is 8.16. The molecule has 0 amide bonds. The van der Waals surface area contributed by atoms with Gasteiger partial charge >= 0.3 is 0 Å². The number of rotatable bonds is 6. The van der Waals surface area contributed by atoms with Crippen molar-refractivity contribution < 1.29 is 4.74 Å². The van der Waals surface area contributed by atoms with E-state index in [4.69, 9.17) is 16.3 Å². The number of aryl methyl sites for hydroxylation is 1. The van der Waals surface area contributed by atoms with Crippen LogP contribution in [0, 0.1) is 0 Å². The van der Waals surface area contributed by atoms with Crippen LogP contribution in [0.25, 0.3) is 0 Å². The Kier molecular flexibility index (Phi) is 5.02. The minimum atomic E-state index is 0.482. The van der Waals surface area contributed by atoms with Crippen LogP contribution in [0.2, 0.25) is 0 Å². The lowest BCUT2D eigenvalue weighted by Crippen LogP contribution is -2.03. The lowest BCUT2D eigenvalue weighted by Gasteiger charge is -2.09. The third-order valence-corrected chi connectivity index (χ3v) is 3.89. The maximum absolute atomic E-state index is 5.81. The summed E-state index contributed by atoms with van der Waals surface area (Å²) in [6.07, 6.45) is 1.82. The second-order valence-electron chi connectivity index (χ2n) is 3.93. The molecule has 2 nitrogen and oxygen atoms in total. The molecule has 1 aromatic heterocycles. The maximum atomic E-state index is 5.81. The molecule has 18 heavy (non-hydrogen) atoms. The Morgan fingerprint density at radius 2 is 2.17 bits per heavy atom. The van der Waals surface area contributed by atoms with Crippen molar-refractivity contribution in [2.45, 2.75) is 25.6 Å². The predicted octanol–water partition coefficient (Wildman–Crippen LogP) is 4.07. The van der Waals surface area contributed by atoms with Crippen molar-refractivity contribution in [3.8, 4) is 5.75 Å². The van der Waals surface area contributed by atoms with Gasteiger partial charge < -0.3 is 4.74 Å². The molecule has 0 spiro atoms. The molecule has 0 bridgehead atoms. The highest BCUT2D eigenvalue weighted by molar-refractivity contribution is 7.09. The third kappa shape index (κ3) is 3.47. The van der Waals surface area contributed by atoms with Crippen LogP contribution in [0.4, 0.5) is 0 Å². The lowest BCUT2D eigenvalue weighted by atomic mass is 10.1. The highest BCUT2D eigenvalue weighted by atomic mass is 35.5. The highest BCUT2D eigenvalue weighted by Gasteiger charge is 2.03. The van der Waals surface area contributed by atoms with Gasteiger partial charge in [-0.05, 0) is 18.1 Å². The van der Waals surface area contributed by atoms with Crippen molar-refractivity contribution in [2.24, 2.45) is 0 Å². The molecule has 0 fully saturated rings. The maximum Gasteiger partial charge on any atom is 0.122 e. The first-order chi connectivity index (χ1) is 8.83. The minimum absolute atomic E-state index is 0.482. The number of thiazole rings is 1. The van der Waals surface area contributed by atoms with E-state index in [9.17, 15) is 0 Å². The van der Waals surface area contributed by atoms with Gasteiger partial charge in [-0.25, -0.2) is 4.98 Å². The smallest absolute Gasteiger partial charge is 0.122 e. The standard InChI is InChI=1S/C14H16ClNOS/c1-2-11-5-3-4-6-13(11)17-8-7-14-16-12(9-15)10-18-14/h3-6,10H,2,7-9H2,1H3. The number of hydrogen-bond acceptors (Lipinski definition) is 3. The van der Waals surface area contributed by atoms with Gasteiger partial charge in [0.2, 0.25) is 0 Å². The summed E-state index contributed by atoms with van der Waals surface area (Å²) in [5, 5.41) is 3.09. The van der Waals surface area contributed by atoms with Crippen molar-refractivity contribution in [3.05, 3.63) is 45.9 Å². The van der Waals surface area contributed by atoms with Crippen molar-refractivity contribution in [1.29, 1.82) is 0 Å². The molecule has 0 atom stereocenters. The van der Waals surface area contributed by atoms with Gasteiger partial charge in [0.1, 0.15) is 5.75 Å². The SMILES string of the molecule is CCc1ccccc1OCCc1nc(CCl)cs1. The van der Waals surface area contributed by atoms with Gasteiger partial charge in [-0.3, -0.25) is 0 Å². The number of para-hydroxylation sites is 1. The molecule has 4 heteroatoms. The number of benzene rings is 1. The molecule has 2 aromatic rings. The normalized spacial score (nSPS) is 10.6. The molecule has 0 N–H and O–H groups in total. The topological polar surface area (TPSA) is 22.1 Å². The fraction of sp³-hybridized carbons (Fsp3) is 0.357. The van der Waals surface area contributed by atoms with Gasteiger partial charge in [-0.2, -0.15) is 0 Å². The molecule has 0 saturated heterocycles. The molecule has 0 radical (unpaired) electrons. The second-order valence-corrected chi connectivity index (χ2v) is 5.14. The first kappa shape index (κ1) is 13.4. The average Bonchev–Trinajstić information content (AvgIpc) is 2.87. The summed E-state index contributed by atoms with van der Waals surface area (Å²) in [5.41, 5.74) is 2.20. The molecule has 1 aromatic carbocycles. The molecule has 0 saturated carbocycles. The number of ether oxygens (including phenoxy) is 1. The lowest BCUT2D eigenvalue weighted by molar-refractivity contribution is 0.318. The van der Waals surface area contributed by atoms with E-state index in [0.717, 1.165) is 29.3 Å². The van der Waals surface area contributed by atoms with E-state index in [1.54, 1.807) is 11.3 Å². The fourth-order valence-corrected chi connectivity index (χ4v) is 2.72. The number of nitrogens with zero attached hydrogens (tertiary/aromatic N) is 1. The van der Waals surface area contributed by atoms with Gasteiger partial charge in [-0.15, -0.1) is 22.9 Å². The van der Waals surface area contributed by atoms with E-state index in [-0.39, 0.29) is 0 Å². The average molecular weight is 282 g/mol. The van der Waals surface area contributed by atoms with Crippen molar-refractivity contribution in [2.75, 3.05) is 6.61 Å². The Morgan fingerprint density at radius 1 is 1.33 bits per heavy atom. The summed E-state index contributed by atoms with van der Waals surface area (Å²) in [5.74, 6) is 1.46. The summed E-state index contributed by atoms with van der Waals surface area (Å²) >= 11 is 7.37. The fourth-order valence-electron chi connectivity index (χ4n) is 1.71. The van der Waals surface area contributed by atoms with Crippen molar-refractivity contribution in [3.63, 3.8) is 0 Å². The Balaban J connectivity index is 1.88. The molecule has 2 rings (SSSR count). The zero-order chi connectivity index (χ0) is 12.8. The Labute approximate surface area is 117 Å². The van der Waals surface area contributed by atoms with Crippen molar-refractivity contribution >= 4 is 22.9 Å². The van der Waals surface area contributed by atoms with Crippen LogP contribution in [-0.2, 0) is 18.7 Å². The van der Waals surface area contributed by atoms with E-state index in [1.807, 2.05) is 23.6 Å². The third-order valence-electron chi connectivity index (χ3n) is 2.66. The van der Waals surface area contributed by atoms with Gasteiger partial charge in [0.25, 0.3) is 0 Å². The van der Waals surface area contributed by atoms with Gasteiger partial charge in [0.15, 0.2) is 0 Å². The van der Waals surface area contributed by atoms with E-state index in [1.165, 1.54) is 5.56 Å². The van der Waals surface area contributed by atoms with Crippen LogP contribution in [0.15, 0.2) is 29.6 Å². The summed E-state index contributed by atoms with van der Waals surface area (Å²) in [6.45, 7) is 2.79. The first-order valence-corrected chi connectivity index (χ1v) is 7.45. The van der Waals surface area contributed by atoms with Gasteiger partial charge in [-0.1, -0.05) is 25.1 Å². The quantitative estimate of drug-likeness (QED) is 0.745. The monoisotopic (exact) mass is 281 g/mol. The van der Waals surface area contributed by atoms with E-state index in [0.29, 0.717) is 12.5 Å². The van der Waals surface area contributed by atoms with Gasteiger partial charge in [0.05, 0.1) is 23.2 Å². The molecule has 0 unspecified atom stereocenters. The molecule has 0 aliphatic rings. The van der Waals surface area contributed by atoms with Crippen LogP contribution < -0.4 is 4.74 Å². The molecule has 0 aliphatic carbocycles. The Bertz CT molecular complexity index is 498. The first-order valence-electron chi connectivity index (χ1n) is 6.03. The molecular formula is C14H16ClNOS. The van der Waals surface area contributed by atoms with Gasteiger partial charge in [0, 0.05) is 11.8 Å². The largest absolute Gasteiger partial charge is 0.493 e. The van der Waals surface area contributed by atoms with E-state index >= 15 is 0 Å².